The fourth-order valence-electron chi connectivity index (χ4n) is 7.93. The van der Waals surface area contributed by atoms with Crippen molar-refractivity contribution >= 4 is 28.5 Å². The van der Waals surface area contributed by atoms with Gasteiger partial charge in [-0.25, -0.2) is 9.97 Å². The number of nitrogens with two attached hydrogens (primary N) is 1. The van der Waals surface area contributed by atoms with Gasteiger partial charge in [-0.15, -0.1) is 0 Å². The summed E-state index contributed by atoms with van der Waals surface area (Å²) < 4.78 is 10.1. The van der Waals surface area contributed by atoms with Crippen molar-refractivity contribution < 1.29 is 14.3 Å². The summed E-state index contributed by atoms with van der Waals surface area (Å²) in [7, 11) is 1.64. The number of fused-ring (bicyclic) bond motifs is 4. The lowest BCUT2D eigenvalue weighted by atomic mass is 9.97. The van der Waals surface area contributed by atoms with Crippen molar-refractivity contribution in [2.45, 2.75) is 115 Å². The molecule has 7 rings (SSSR count). The number of methoxy groups -OCH3 is 1. The van der Waals surface area contributed by atoms with Crippen molar-refractivity contribution in [1.29, 1.82) is 0 Å². The maximum absolute atomic E-state index is 13.8. The lowest BCUT2D eigenvalue weighted by molar-refractivity contribution is -0.121. The van der Waals surface area contributed by atoms with E-state index in [0.29, 0.717) is 23.5 Å². The molecule has 3 aliphatic rings. The van der Waals surface area contributed by atoms with E-state index in [0.717, 1.165) is 85.3 Å². The Morgan fingerprint density at radius 1 is 1.02 bits per heavy atom. The van der Waals surface area contributed by atoms with Crippen molar-refractivity contribution in [3.05, 3.63) is 47.3 Å². The number of hydrogen-bond acceptors (Lipinski definition) is 6. The van der Waals surface area contributed by atoms with E-state index >= 15 is 0 Å². The van der Waals surface area contributed by atoms with Gasteiger partial charge >= 0.3 is 0 Å². The molecule has 45 heavy (non-hydrogen) atoms. The van der Waals surface area contributed by atoms with Crippen molar-refractivity contribution in [3.63, 3.8) is 0 Å². The number of hydrogen-bond donors (Lipinski definition) is 2. The minimum Gasteiger partial charge on any atom is -0.482 e. The van der Waals surface area contributed by atoms with Crippen LogP contribution in [0.15, 0.2) is 30.3 Å². The number of pyridine rings is 2. The van der Waals surface area contributed by atoms with Gasteiger partial charge in [-0.05, 0) is 70.2 Å². The lowest BCUT2D eigenvalue weighted by Crippen LogP contribution is -2.40. The summed E-state index contributed by atoms with van der Waals surface area (Å²) in [6.07, 6.45) is 11.2. The first-order valence-corrected chi connectivity index (χ1v) is 16.8. The molecule has 10 heteroatoms. The topological polar surface area (TPSA) is 120 Å². The molecule has 4 bridgehead atoms. The summed E-state index contributed by atoms with van der Waals surface area (Å²) in [6.45, 7) is 4.88. The summed E-state index contributed by atoms with van der Waals surface area (Å²) in [6, 6.07) is 10.2. The number of amides is 2. The highest BCUT2D eigenvalue weighted by Gasteiger charge is 2.47. The summed E-state index contributed by atoms with van der Waals surface area (Å²) in [4.78, 5) is 38.7. The third-order valence-corrected chi connectivity index (χ3v) is 10.3. The number of rotatable bonds is 3. The molecule has 2 fully saturated rings. The van der Waals surface area contributed by atoms with E-state index in [1.165, 1.54) is 19.3 Å². The SMILES string of the molecule is COc1cc(C(=O)N2[C@H]3CC[C@@H]2[C@H](N)C3)cc2nc(-c3cc4ccc5nc4n3CCCCCCCCCC(=O)N[C@@H]5C)c(C)n12. The maximum atomic E-state index is 13.8. The van der Waals surface area contributed by atoms with Crippen LogP contribution in [0.1, 0.15) is 105 Å². The van der Waals surface area contributed by atoms with Crippen LogP contribution in [-0.4, -0.2) is 60.9 Å². The fraction of sp³-hybridized carbons (Fsp3) is 0.543. The van der Waals surface area contributed by atoms with Crippen LogP contribution >= 0.6 is 0 Å². The van der Waals surface area contributed by atoms with Crippen molar-refractivity contribution in [1.82, 2.24) is 29.2 Å². The van der Waals surface area contributed by atoms with Gasteiger partial charge in [-0.1, -0.05) is 32.1 Å². The van der Waals surface area contributed by atoms with Gasteiger partial charge in [0.05, 0.1) is 30.2 Å². The van der Waals surface area contributed by atoms with Crippen molar-refractivity contribution in [2.75, 3.05) is 7.11 Å². The molecule has 238 valence electrons. The molecule has 7 heterocycles. The van der Waals surface area contributed by atoms with Crippen molar-refractivity contribution in [3.8, 4) is 17.3 Å². The number of aryl methyl sites for hydroxylation is 2. The molecule has 0 aliphatic carbocycles. The number of nitrogens with zero attached hydrogens (tertiary/aromatic N) is 5. The molecule has 0 saturated carbocycles. The molecule has 10 nitrogen and oxygen atoms in total. The largest absolute Gasteiger partial charge is 0.482 e. The monoisotopic (exact) mass is 611 g/mol. The van der Waals surface area contributed by atoms with Crippen LogP contribution in [0.25, 0.3) is 28.1 Å². The third kappa shape index (κ3) is 5.37. The number of carbonyl (C=O) groups is 2. The highest BCUT2D eigenvalue weighted by atomic mass is 16.5. The molecule has 2 amide bonds. The average Bonchev–Trinajstić information content (AvgIpc) is 3.78. The molecule has 3 N–H and O–H groups in total. The van der Waals surface area contributed by atoms with Crippen LogP contribution in [0.4, 0.5) is 0 Å². The van der Waals surface area contributed by atoms with Gasteiger partial charge in [-0.2, -0.15) is 0 Å². The molecule has 2 saturated heterocycles. The molecular weight excluding hydrogens is 566 g/mol. The number of nitrogens with one attached hydrogen (secondary N) is 1. The Kier molecular flexibility index (Phi) is 8.02. The summed E-state index contributed by atoms with van der Waals surface area (Å²) in [5.41, 5.74) is 12.1. The molecule has 0 aromatic carbocycles. The number of carbonyl (C=O) groups excluding carboxylic acids is 2. The predicted octanol–water partition coefficient (Wildman–Crippen LogP) is 5.68. The first-order chi connectivity index (χ1) is 21.8. The Morgan fingerprint density at radius 3 is 2.53 bits per heavy atom. The Balaban J connectivity index is 1.30. The zero-order chi connectivity index (χ0) is 31.2. The second-order valence-electron chi connectivity index (χ2n) is 13.3. The standard InChI is InChI=1S/C35H45N7O3/c1-21-27-14-12-23-17-29(40(34(23)38-27)16-10-8-6-4-5-7-9-11-31(43)37-21)33-22(2)41-30(39-33)18-24(19-32(41)45-3)35(44)42-25-13-15-28(42)26(36)20-25/h12,14,17-19,21,25-26,28H,4-11,13,15-16,20,36H2,1-3H3,(H,37,43)/t21-,25+,26-,28-/m1/s1. The summed E-state index contributed by atoms with van der Waals surface area (Å²) >= 11 is 0. The fourth-order valence-corrected chi connectivity index (χ4v) is 7.93. The second-order valence-corrected chi connectivity index (χ2v) is 13.3. The highest BCUT2D eigenvalue weighted by molar-refractivity contribution is 5.97. The van der Waals surface area contributed by atoms with Crippen LogP contribution < -0.4 is 15.8 Å². The van der Waals surface area contributed by atoms with E-state index in [4.69, 9.17) is 20.4 Å². The normalized spacial score (nSPS) is 24.5. The van der Waals surface area contributed by atoms with Crippen LogP contribution in [0, 0.1) is 6.92 Å². The van der Waals surface area contributed by atoms with Crippen LogP contribution in [0.5, 0.6) is 5.88 Å². The Morgan fingerprint density at radius 2 is 1.80 bits per heavy atom. The van der Waals surface area contributed by atoms with E-state index in [1.807, 2.05) is 34.4 Å². The zero-order valence-corrected chi connectivity index (χ0v) is 26.7. The predicted molar refractivity (Wildman–Crippen MR) is 174 cm³/mol. The van der Waals surface area contributed by atoms with Gasteiger partial charge in [0.25, 0.3) is 5.91 Å². The van der Waals surface area contributed by atoms with Gasteiger partial charge < -0.3 is 25.3 Å². The van der Waals surface area contributed by atoms with Gasteiger partial charge in [-0.3, -0.25) is 14.0 Å². The summed E-state index contributed by atoms with van der Waals surface area (Å²) in [5.74, 6) is 0.669. The number of ether oxygens (including phenoxy) is 1. The lowest BCUT2D eigenvalue weighted by Gasteiger charge is -2.23. The first-order valence-electron chi connectivity index (χ1n) is 16.8. The molecule has 0 unspecified atom stereocenters. The van der Waals surface area contributed by atoms with E-state index in [-0.39, 0.29) is 36.0 Å². The van der Waals surface area contributed by atoms with Gasteiger partial charge in [0.1, 0.15) is 17.0 Å². The Hall–Kier alpha value is -3.92. The number of aromatic nitrogens is 4. The molecule has 3 aliphatic heterocycles. The average molecular weight is 612 g/mol. The Labute approximate surface area is 264 Å². The molecule has 0 radical (unpaired) electrons. The van der Waals surface area contributed by atoms with E-state index in [2.05, 4.69) is 28.9 Å². The molecule has 4 atom stereocenters. The molecule has 4 aromatic rings. The quantitative estimate of drug-likeness (QED) is 0.308. The van der Waals surface area contributed by atoms with E-state index in [9.17, 15) is 9.59 Å². The molecule has 0 spiro atoms. The van der Waals surface area contributed by atoms with Crippen LogP contribution in [0.3, 0.4) is 0 Å². The Bertz CT molecular complexity index is 1760. The molecular formula is C35H45N7O3. The maximum Gasteiger partial charge on any atom is 0.254 e. The van der Waals surface area contributed by atoms with Gasteiger partial charge in [0.15, 0.2) is 5.88 Å². The minimum atomic E-state index is -0.181. The first kappa shape index (κ1) is 29.8. The van der Waals surface area contributed by atoms with E-state index in [1.54, 1.807) is 7.11 Å². The second kappa shape index (κ2) is 12.1. The smallest absolute Gasteiger partial charge is 0.254 e. The minimum absolute atomic E-state index is 0.00479. The van der Waals surface area contributed by atoms with E-state index < -0.39 is 0 Å². The zero-order valence-electron chi connectivity index (χ0n) is 26.7. The van der Waals surface area contributed by atoms with Gasteiger partial charge in [0.2, 0.25) is 5.91 Å². The van der Waals surface area contributed by atoms with Gasteiger partial charge in [0, 0.05) is 48.1 Å². The highest BCUT2D eigenvalue weighted by Crippen LogP contribution is 2.39. The van der Waals surface area contributed by atoms with Crippen LogP contribution in [-0.2, 0) is 11.3 Å². The summed E-state index contributed by atoms with van der Waals surface area (Å²) in [5, 5.41) is 4.18. The molecule has 4 aromatic heterocycles. The van der Waals surface area contributed by atoms with Crippen LogP contribution in [0.2, 0.25) is 0 Å². The third-order valence-electron chi connectivity index (χ3n) is 10.3. The number of imidazole rings is 1. The van der Waals surface area contributed by atoms with Crippen molar-refractivity contribution in [2.24, 2.45) is 5.73 Å².